The van der Waals surface area contributed by atoms with Gasteiger partial charge >= 0.3 is 0 Å². The van der Waals surface area contributed by atoms with E-state index in [4.69, 9.17) is 4.98 Å². The number of nitrogens with zero attached hydrogens (tertiary/aromatic N) is 10. The first-order valence-electron chi connectivity index (χ1n) is 47.1. The molecule has 0 saturated carbocycles. The summed E-state index contributed by atoms with van der Waals surface area (Å²) in [5, 5.41) is 15.5. The van der Waals surface area contributed by atoms with Crippen LogP contribution in [0.25, 0.3) is 144 Å². The summed E-state index contributed by atoms with van der Waals surface area (Å²) in [4.78, 5) is 42.9. The number of hydrogen-bond donors (Lipinski definition) is 0. The maximum absolute atomic E-state index is 13.1. The Balaban J connectivity index is 0.000000171. The molecule has 0 amide bonds. The first-order chi connectivity index (χ1) is 67.8. The summed E-state index contributed by atoms with van der Waals surface area (Å²) in [5.74, 6) is -1.79. The zero-order chi connectivity index (χ0) is 99.6. The Morgan fingerprint density at radius 3 is 0.834 bits per heavy atom. The Hall–Kier alpha value is -12.7. The van der Waals surface area contributed by atoms with Crippen molar-refractivity contribution in [3.05, 3.63) is 472 Å². The smallest absolute Gasteiger partial charge is 0.128 e. The second-order valence-electron chi connectivity index (χ2n) is 38.3. The summed E-state index contributed by atoms with van der Waals surface area (Å²) < 4.78 is 25.6. The summed E-state index contributed by atoms with van der Waals surface area (Å²) in [6, 6.07) is 136. The molecular weight excluding hydrogens is 2560 g/mol. The van der Waals surface area contributed by atoms with E-state index in [1.54, 1.807) is 36.8 Å². The van der Waals surface area contributed by atoms with Crippen LogP contribution in [-0.2, 0) is 80.4 Å². The molecule has 0 aliphatic heterocycles. The van der Waals surface area contributed by atoms with E-state index in [1.807, 2.05) is 141 Å². The third kappa shape index (κ3) is 32.1. The summed E-state index contributed by atoms with van der Waals surface area (Å²) in [6.07, 6.45) is 15.2. The average molecular weight is 2680 g/mol. The third-order valence-electron chi connectivity index (χ3n) is 23.4. The predicted molar refractivity (Wildman–Crippen MR) is 595 cm³/mol. The molecule has 0 atom stereocenters. The van der Waals surface area contributed by atoms with Crippen molar-refractivity contribution < 1.29 is 89.2 Å². The van der Waals surface area contributed by atoms with E-state index in [0.717, 1.165) is 96.3 Å². The molecule has 0 bridgehead atoms. The summed E-state index contributed by atoms with van der Waals surface area (Å²) in [7, 11) is -5.46. The molecule has 0 spiro atoms. The Bertz CT molecular complexity index is 7180. The van der Waals surface area contributed by atoms with Crippen LogP contribution in [0.3, 0.4) is 0 Å². The van der Waals surface area contributed by atoms with Gasteiger partial charge in [0.1, 0.15) is 11.9 Å². The Labute approximate surface area is 912 Å². The second-order valence-corrected chi connectivity index (χ2v) is 58.5. The van der Waals surface area contributed by atoms with E-state index in [1.165, 1.54) is 97.9 Å². The van der Waals surface area contributed by atoms with E-state index in [0.29, 0.717) is 5.69 Å². The molecule has 10 aromatic heterocycles. The Morgan fingerprint density at radius 2 is 0.531 bits per heavy atom. The molecule has 21 rings (SSSR count). The quantitative estimate of drug-likeness (QED) is 0.0625. The molecule has 0 aliphatic carbocycles. The first kappa shape index (κ1) is 114. The van der Waals surface area contributed by atoms with E-state index in [-0.39, 0.29) is 86.0 Å². The van der Waals surface area contributed by atoms with Gasteiger partial charge in [-0.05, 0) is 134 Å². The van der Waals surface area contributed by atoms with Crippen molar-refractivity contribution in [3.63, 3.8) is 0 Å². The van der Waals surface area contributed by atoms with Gasteiger partial charge in [-0.15, -0.1) is 212 Å². The minimum Gasteiger partial charge on any atom is -0.354 e. The molecule has 4 radical (unpaired) electrons. The maximum Gasteiger partial charge on any atom is 0.128 e. The fourth-order valence-electron chi connectivity index (χ4n) is 16.2. The van der Waals surface area contributed by atoms with Crippen LogP contribution in [0.2, 0.25) is 78.6 Å². The zero-order valence-corrected chi connectivity index (χ0v) is 98.0. The molecule has 11 aromatic carbocycles. The zero-order valence-electron chi connectivity index (χ0n) is 84.4. The predicted octanol–water partition coefficient (Wildman–Crippen LogP) is 29.5. The number of rotatable bonds is 13. The van der Waals surface area contributed by atoms with E-state index in [2.05, 4.69) is 400 Å². The molecule has 21 aromatic rings. The van der Waals surface area contributed by atoms with Crippen LogP contribution in [0.4, 0.5) is 8.78 Å². The Kier molecular flexibility index (Phi) is 42.5. The van der Waals surface area contributed by atoms with Gasteiger partial charge in [0, 0.05) is 130 Å². The van der Waals surface area contributed by atoms with Gasteiger partial charge in [0.25, 0.3) is 0 Å². The SMILES string of the molecule is C[Si](C)(C)c1cnc(-c2[c-]cc3ccccc3c2)cc1-c1ccccc1.Cc1c[c-]c(-c2ccccn2)c(C)n1.Cc1cc(-c2[c-]cc3ccccc3c2)ncc1[Si](C)(C)C.Cc1cc(-c2[c-]cc3ccccc3c2)ncc1[Si](C)(C)C.Cc1cc(-c2[c-]cc3ccccc3c2)ncc1[Si](C)(C)C.Fc1c[c-]c(-c2ccccn2)c(F)n1.[Ir].[Ir].[Ir].[Ir].[c-]1ccccc1-c1ccccn1.[c-]1ccccc1-c1ccccn1. The van der Waals surface area contributed by atoms with Crippen molar-refractivity contribution >= 4 is 96.1 Å². The number of pyridine rings is 10. The third-order valence-corrected chi connectivity index (χ3v) is 31.8. The van der Waals surface area contributed by atoms with E-state index in [9.17, 15) is 8.78 Å². The van der Waals surface area contributed by atoms with Crippen molar-refractivity contribution in [1.29, 1.82) is 0 Å². The maximum atomic E-state index is 13.1. The minimum absolute atomic E-state index is 0. The number of halogens is 2. The largest absolute Gasteiger partial charge is 0.354 e. The molecular formula is C125H114F2Ir4N10Si4-8. The van der Waals surface area contributed by atoms with Gasteiger partial charge in [-0.3, -0.25) is 4.98 Å². The molecule has 0 unspecified atom stereocenters. The molecule has 738 valence electrons. The van der Waals surface area contributed by atoms with Crippen LogP contribution in [0, 0.1) is 95.0 Å². The molecule has 0 fully saturated rings. The minimum atomic E-state index is -1.50. The molecule has 145 heavy (non-hydrogen) atoms. The molecule has 0 aliphatic rings. The van der Waals surface area contributed by atoms with Gasteiger partial charge in [-0.25, -0.2) is 8.78 Å². The van der Waals surface area contributed by atoms with E-state index >= 15 is 0 Å². The topological polar surface area (TPSA) is 129 Å². The standard InChI is InChI=1S/C24H22NSi.3C19H20NSi.C12H11N2.2C11H8N.C10H5F2N2.4Ir/c1-26(2,3)24-17-25-23(16-22(24)19-10-5-4-6-11-19)21-14-13-18-9-7-8-12-20(18)15-21;3*1-14-11-18(20-13-19(14)21(2,3)4)17-10-9-15-7-5-6-8-16(15)12-17;1-9-6-7-11(10(2)14-9)12-5-3-4-8-13-12;2*1-2-6-10(7-3-1)11-8-4-5-9-12-11;11-9-5-4-7(10(12)14-9)8-3-1-2-6-13-8;;;;/h4-13,15-17H,1-3H3;3*5-9,11-13H,1-4H3;3-6,8H,1-2H3;2*1-6,8-9H;1-3,5-6H;;;;/q8*-1;;;;. The van der Waals surface area contributed by atoms with E-state index < -0.39 is 44.2 Å². The van der Waals surface area contributed by atoms with Crippen molar-refractivity contribution in [2.24, 2.45) is 0 Å². The summed E-state index contributed by atoms with van der Waals surface area (Å²) in [6.45, 7) is 38.9. The van der Waals surface area contributed by atoms with Crippen LogP contribution in [0.5, 0.6) is 0 Å². The van der Waals surface area contributed by atoms with Gasteiger partial charge in [0.05, 0.1) is 32.3 Å². The van der Waals surface area contributed by atoms with Gasteiger partial charge in [0.15, 0.2) is 0 Å². The second kappa shape index (κ2) is 53.9. The molecule has 20 heteroatoms. The number of aromatic nitrogens is 10. The fourth-order valence-corrected chi connectivity index (χ4v) is 22.8. The number of hydrogen-bond acceptors (Lipinski definition) is 10. The van der Waals surface area contributed by atoms with Crippen LogP contribution in [-0.4, -0.2) is 82.1 Å². The molecule has 10 nitrogen and oxygen atoms in total. The molecule has 0 saturated heterocycles. The number of benzene rings is 11. The summed E-state index contributed by atoms with van der Waals surface area (Å²) in [5.41, 5.74) is 23.2. The molecule has 10 heterocycles. The monoisotopic (exact) mass is 2680 g/mol. The van der Waals surface area contributed by atoms with Crippen LogP contribution in [0.1, 0.15) is 28.1 Å². The van der Waals surface area contributed by atoms with Crippen molar-refractivity contribution in [2.75, 3.05) is 0 Å². The van der Waals surface area contributed by atoms with Crippen molar-refractivity contribution in [3.8, 4) is 101 Å². The average Bonchev–Trinajstić information content (AvgIpc) is 1.09. The number of fused-ring (bicyclic) bond motifs is 4. The first-order valence-corrected chi connectivity index (χ1v) is 61.1. The van der Waals surface area contributed by atoms with Gasteiger partial charge in [0.2, 0.25) is 0 Å². The van der Waals surface area contributed by atoms with Crippen molar-refractivity contribution in [1.82, 2.24) is 49.8 Å². The van der Waals surface area contributed by atoms with Gasteiger partial charge in [-0.1, -0.05) is 342 Å². The van der Waals surface area contributed by atoms with Crippen molar-refractivity contribution in [2.45, 2.75) is 113 Å². The van der Waals surface area contributed by atoms with Crippen LogP contribution < -0.4 is 20.7 Å². The van der Waals surface area contributed by atoms with Gasteiger partial charge in [-0.2, -0.15) is 0 Å². The van der Waals surface area contributed by atoms with Crippen LogP contribution >= 0.6 is 0 Å². The Morgan fingerprint density at radius 1 is 0.234 bits per heavy atom. The molecule has 0 N–H and O–H groups in total. The van der Waals surface area contributed by atoms with Gasteiger partial charge < -0.3 is 44.9 Å². The summed E-state index contributed by atoms with van der Waals surface area (Å²) >= 11 is 0. The normalized spacial score (nSPS) is 10.8. The fraction of sp³-hybridized carbons (Fsp3) is 0.136. The number of aryl methyl sites for hydroxylation is 5. The van der Waals surface area contributed by atoms with Crippen LogP contribution in [0.15, 0.2) is 383 Å².